The van der Waals surface area contributed by atoms with Crippen molar-refractivity contribution < 1.29 is 32.2 Å². The summed E-state index contributed by atoms with van der Waals surface area (Å²) < 4.78 is 45.2. The lowest BCUT2D eigenvalue weighted by molar-refractivity contribution is -0.274. The number of ether oxygens (including phenoxy) is 2. The molecule has 0 N–H and O–H groups in total. The van der Waals surface area contributed by atoms with Gasteiger partial charge in [0.1, 0.15) is 5.75 Å². The van der Waals surface area contributed by atoms with Crippen molar-refractivity contribution in [3.8, 4) is 5.75 Å². The Morgan fingerprint density at radius 2 is 1.75 bits per heavy atom. The number of hydrogen-bond donors (Lipinski definition) is 0. The number of halogens is 3. The molecule has 3 rings (SSSR count). The molecule has 0 bridgehead atoms. The van der Waals surface area contributed by atoms with Gasteiger partial charge < -0.3 is 14.4 Å². The summed E-state index contributed by atoms with van der Waals surface area (Å²) in [5, 5.41) is 0. The standard InChI is InChI=1S/C20H18F3NO4/c21-20(22,23)28-16-9-7-14(8-10-16)12-19(26)27-13-18(25)24-11-3-5-15-4-1-2-6-17(15)24/h1-2,4,6-10H,3,5,11-13H2. The molecule has 0 aromatic heterocycles. The lowest BCUT2D eigenvalue weighted by Gasteiger charge is -2.29. The molecule has 2 aromatic rings. The first kappa shape index (κ1) is 19.7. The Morgan fingerprint density at radius 3 is 2.46 bits per heavy atom. The molecule has 1 aliphatic heterocycles. The number of benzene rings is 2. The SMILES string of the molecule is O=C(Cc1ccc(OC(F)(F)F)cc1)OCC(=O)N1CCCc2ccccc21. The Morgan fingerprint density at radius 1 is 1.04 bits per heavy atom. The average Bonchev–Trinajstić information content (AvgIpc) is 2.66. The molecular formula is C20H18F3NO4. The van der Waals surface area contributed by atoms with Crippen LogP contribution in [0.4, 0.5) is 18.9 Å². The summed E-state index contributed by atoms with van der Waals surface area (Å²) in [5.74, 6) is -1.32. The van der Waals surface area contributed by atoms with Crippen LogP contribution in [0.3, 0.4) is 0 Å². The first-order valence-corrected chi connectivity index (χ1v) is 8.70. The van der Waals surface area contributed by atoms with Gasteiger partial charge in [-0.3, -0.25) is 9.59 Å². The summed E-state index contributed by atoms with van der Waals surface area (Å²) in [5.41, 5.74) is 2.36. The summed E-state index contributed by atoms with van der Waals surface area (Å²) in [4.78, 5) is 26.0. The quantitative estimate of drug-likeness (QED) is 0.728. The molecule has 2 aromatic carbocycles. The van der Waals surface area contributed by atoms with Crippen molar-refractivity contribution >= 4 is 17.6 Å². The van der Waals surface area contributed by atoms with Crippen molar-refractivity contribution in [2.45, 2.75) is 25.6 Å². The van der Waals surface area contributed by atoms with Crippen LogP contribution in [-0.4, -0.2) is 31.4 Å². The molecule has 0 radical (unpaired) electrons. The Balaban J connectivity index is 1.51. The van der Waals surface area contributed by atoms with E-state index in [9.17, 15) is 22.8 Å². The van der Waals surface area contributed by atoms with Crippen LogP contribution in [0.15, 0.2) is 48.5 Å². The highest BCUT2D eigenvalue weighted by atomic mass is 19.4. The van der Waals surface area contributed by atoms with Crippen molar-refractivity contribution in [3.05, 3.63) is 59.7 Å². The maximum atomic E-state index is 12.4. The molecule has 8 heteroatoms. The van der Waals surface area contributed by atoms with Crippen LogP contribution in [0.25, 0.3) is 0 Å². The van der Waals surface area contributed by atoms with Crippen LogP contribution < -0.4 is 9.64 Å². The second-order valence-electron chi connectivity index (χ2n) is 6.31. The Hall–Kier alpha value is -3.03. The molecule has 0 aliphatic carbocycles. The van der Waals surface area contributed by atoms with E-state index in [1.165, 1.54) is 12.1 Å². The minimum absolute atomic E-state index is 0.157. The fraction of sp³-hybridized carbons (Fsp3) is 0.300. The van der Waals surface area contributed by atoms with E-state index in [4.69, 9.17) is 4.74 Å². The van der Waals surface area contributed by atoms with Crippen molar-refractivity contribution in [2.24, 2.45) is 0 Å². The lowest BCUT2D eigenvalue weighted by atomic mass is 10.0. The number of alkyl halides is 3. The van der Waals surface area contributed by atoms with Crippen molar-refractivity contribution in [2.75, 3.05) is 18.1 Å². The third-order valence-electron chi connectivity index (χ3n) is 4.27. The predicted octanol–water partition coefficient (Wildman–Crippen LogP) is 3.65. The van der Waals surface area contributed by atoms with Gasteiger partial charge in [0.05, 0.1) is 6.42 Å². The molecular weight excluding hydrogens is 375 g/mol. The van der Waals surface area contributed by atoms with E-state index >= 15 is 0 Å². The van der Waals surface area contributed by atoms with E-state index in [2.05, 4.69) is 4.74 Å². The highest BCUT2D eigenvalue weighted by Gasteiger charge is 2.31. The van der Waals surface area contributed by atoms with Crippen LogP contribution in [0, 0.1) is 0 Å². The minimum Gasteiger partial charge on any atom is -0.455 e. The van der Waals surface area contributed by atoms with E-state index in [-0.39, 0.29) is 24.7 Å². The van der Waals surface area contributed by atoms with Crippen LogP contribution in [0.5, 0.6) is 5.75 Å². The molecule has 0 saturated heterocycles. The van der Waals surface area contributed by atoms with E-state index in [0.717, 1.165) is 36.2 Å². The predicted molar refractivity (Wildman–Crippen MR) is 94.9 cm³/mol. The van der Waals surface area contributed by atoms with Crippen molar-refractivity contribution in [1.82, 2.24) is 0 Å². The fourth-order valence-electron chi connectivity index (χ4n) is 3.04. The number of rotatable bonds is 5. The normalized spacial score (nSPS) is 13.6. The zero-order chi connectivity index (χ0) is 20.1. The maximum Gasteiger partial charge on any atom is 0.573 e. The molecule has 0 fully saturated rings. The zero-order valence-electron chi connectivity index (χ0n) is 14.9. The van der Waals surface area contributed by atoms with Gasteiger partial charge in [-0.25, -0.2) is 0 Å². The second-order valence-corrected chi connectivity index (χ2v) is 6.31. The number of carbonyl (C=O) groups is 2. The largest absolute Gasteiger partial charge is 0.573 e. The van der Waals surface area contributed by atoms with Gasteiger partial charge in [0, 0.05) is 12.2 Å². The fourth-order valence-corrected chi connectivity index (χ4v) is 3.04. The maximum absolute atomic E-state index is 12.4. The van der Waals surface area contributed by atoms with Gasteiger partial charge in [-0.2, -0.15) is 0 Å². The monoisotopic (exact) mass is 393 g/mol. The highest BCUT2D eigenvalue weighted by Crippen LogP contribution is 2.27. The molecule has 0 saturated carbocycles. The molecule has 1 aliphatic rings. The smallest absolute Gasteiger partial charge is 0.455 e. The Bertz CT molecular complexity index is 849. The number of aryl methyl sites for hydroxylation is 1. The number of anilines is 1. The number of carbonyl (C=O) groups excluding carboxylic acids is 2. The molecule has 5 nitrogen and oxygen atoms in total. The van der Waals surface area contributed by atoms with Gasteiger partial charge in [0.15, 0.2) is 6.61 Å². The van der Waals surface area contributed by atoms with Crippen molar-refractivity contribution in [1.29, 1.82) is 0 Å². The summed E-state index contributed by atoms with van der Waals surface area (Å²) in [6.07, 6.45) is -3.19. The van der Waals surface area contributed by atoms with Crippen LogP contribution in [0.1, 0.15) is 17.5 Å². The average molecular weight is 393 g/mol. The minimum atomic E-state index is -4.77. The molecule has 28 heavy (non-hydrogen) atoms. The number of amides is 1. The number of para-hydroxylation sites is 1. The van der Waals surface area contributed by atoms with E-state index < -0.39 is 12.3 Å². The molecule has 0 atom stereocenters. The Labute approximate surface area is 159 Å². The summed E-state index contributed by atoms with van der Waals surface area (Å²) >= 11 is 0. The van der Waals surface area contributed by atoms with Gasteiger partial charge >= 0.3 is 12.3 Å². The molecule has 0 spiro atoms. The van der Waals surface area contributed by atoms with Crippen LogP contribution in [0.2, 0.25) is 0 Å². The Kier molecular flexibility index (Phi) is 5.87. The highest BCUT2D eigenvalue weighted by molar-refractivity contribution is 5.96. The number of hydrogen-bond acceptors (Lipinski definition) is 4. The summed E-state index contributed by atoms with van der Waals surface area (Å²) in [7, 11) is 0. The third-order valence-corrected chi connectivity index (χ3v) is 4.27. The van der Waals surface area contributed by atoms with Crippen LogP contribution in [-0.2, 0) is 27.2 Å². The topological polar surface area (TPSA) is 55.8 Å². The molecule has 0 unspecified atom stereocenters. The summed E-state index contributed by atoms with van der Waals surface area (Å²) in [6.45, 7) is 0.177. The molecule has 1 amide bonds. The first-order valence-electron chi connectivity index (χ1n) is 8.70. The van der Waals surface area contributed by atoms with Gasteiger partial charge in [-0.15, -0.1) is 13.2 Å². The summed E-state index contributed by atoms with van der Waals surface area (Å²) in [6, 6.07) is 12.5. The number of fused-ring (bicyclic) bond motifs is 1. The molecule has 1 heterocycles. The van der Waals surface area contributed by atoms with Gasteiger partial charge in [0.2, 0.25) is 0 Å². The first-order chi connectivity index (χ1) is 13.3. The van der Waals surface area contributed by atoms with Crippen molar-refractivity contribution in [3.63, 3.8) is 0 Å². The van der Waals surface area contributed by atoms with E-state index in [1.807, 2.05) is 24.3 Å². The lowest BCUT2D eigenvalue weighted by Crippen LogP contribution is -2.38. The van der Waals surface area contributed by atoms with Gasteiger partial charge in [-0.05, 0) is 42.2 Å². The third kappa shape index (κ3) is 5.25. The van der Waals surface area contributed by atoms with E-state index in [0.29, 0.717) is 12.1 Å². The number of nitrogens with zero attached hydrogens (tertiary/aromatic N) is 1. The number of esters is 1. The van der Waals surface area contributed by atoms with Crippen LogP contribution >= 0.6 is 0 Å². The zero-order valence-corrected chi connectivity index (χ0v) is 14.9. The van der Waals surface area contributed by atoms with Gasteiger partial charge in [-0.1, -0.05) is 30.3 Å². The second kappa shape index (κ2) is 8.33. The molecule has 148 valence electrons. The van der Waals surface area contributed by atoms with Gasteiger partial charge in [0.25, 0.3) is 5.91 Å². The van der Waals surface area contributed by atoms with E-state index in [1.54, 1.807) is 4.90 Å².